The molecule has 0 aliphatic heterocycles. The number of aryl methyl sites for hydroxylation is 1. The summed E-state index contributed by atoms with van der Waals surface area (Å²) in [5.41, 5.74) is -0.913. The van der Waals surface area contributed by atoms with Crippen LogP contribution in [0.25, 0.3) is 0 Å². The molecule has 0 atom stereocenters. The minimum absolute atomic E-state index is 0.232. The second-order valence-electron chi connectivity index (χ2n) is 3.77. The van der Waals surface area contributed by atoms with Gasteiger partial charge in [0, 0.05) is 0 Å². The Bertz CT molecular complexity index is 662. The maximum absolute atomic E-state index is 14.0. The number of anilines is 1. The van der Waals surface area contributed by atoms with Gasteiger partial charge in [-0.25, -0.2) is 9.37 Å². The van der Waals surface area contributed by atoms with Crippen molar-refractivity contribution in [2.24, 2.45) is 0 Å². The van der Waals surface area contributed by atoms with E-state index in [4.69, 9.17) is 11.6 Å². The van der Waals surface area contributed by atoms with E-state index in [1.165, 1.54) is 0 Å². The molecule has 9 heteroatoms. The van der Waals surface area contributed by atoms with Crippen molar-refractivity contribution in [2.75, 3.05) is 5.32 Å². The topological polar surface area (TPSA) is 54.9 Å². The quantitative estimate of drug-likeness (QED) is 0.943. The first-order valence-corrected chi connectivity index (χ1v) is 6.41. The van der Waals surface area contributed by atoms with E-state index >= 15 is 0 Å². The zero-order chi connectivity index (χ0) is 14.9. The molecule has 1 N–H and O–H groups in total. The van der Waals surface area contributed by atoms with Crippen LogP contribution in [0.1, 0.15) is 10.6 Å². The number of halogens is 4. The summed E-state index contributed by atoms with van der Waals surface area (Å²) in [6.07, 6.45) is 0. The third kappa shape index (κ3) is 2.75. The minimum Gasteiger partial charge on any atom is -0.288 e. The van der Waals surface area contributed by atoms with E-state index in [1.54, 1.807) is 6.92 Å². The van der Waals surface area contributed by atoms with Gasteiger partial charge in [0.05, 0.1) is 10.6 Å². The highest BCUT2D eigenvalue weighted by Crippen LogP contribution is 2.35. The summed E-state index contributed by atoms with van der Waals surface area (Å²) < 4.78 is 44.8. The lowest BCUT2D eigenvalue weighted by molar-refractivity contribution is -0.141. The third-order valence-corrected chi connectivity index (χ3v) is 3.33. The number of benzene rings is 1. The largest absolute Gasteiger partial charge is 0.351 e. The van der Waals surface area contributed by atoms with Gasteiger partial charge in [0.25, 0.3) is 0 Å². The molecule has 1 aromatic heterocycles. The van der Waals surface area contributed by atoms with Gasteiger partial charge in [0.2, 0.25) is 5.95 Å². The Labute approximate surface area is 120 Å². The van der Waals surface area contributed by atoms with Gasteiger partial charge in [0.15, 0.2) is 0 Å². The van der Waals surface area contributed by atoms with Gasteiger partial charge in [-0.15, -0.1) is 0 Å². The summed E-state index contributed by atoms with van der Waals surface area (Å²) in [5.74, 6) is -6.94. The van der Waals surface area contributed by atoms with Gasteiger partial charge < -0.3 is 0 Å². The molecule has 1 heterocycles. The molecule has 0 bridgehead atoms. The first kappa shape index (κ1) is 14.7. The summed E-state index contributed by atoms with van der Waals surface area (Å²) in [5, 5.41) is 1.58. The van der Waals surface area contributed by atoms with E-state index in [9.17, 15) is 18.0 Å². The average Bonchev–Trinajstić information content (AvgIpc) is 2.78. The monoisotopic (exact) mass is 321 g/mol. The molecule has 1 amide bonds. The van der Waals surface area contributed by atoms with Crippen molar-refractivity contribution in [1.82, 2.24) is 9.36 Å². The lowest BCUT2D eigenvalue weighted by Crippen LogP contribution is -2.33. The molecule has 0 unspecified atom stereocenters. The van der Waals surface area contributed by atoms with Crippen LogP contribution in [0.2, 0.25) is 5.02 Å². The molecule has 0 fully saturated rings. The lowest BCUT2D eigenvalue weighted by atomic mass is 10.1. The Morgan fingerprint density at radius 3 is 2.75 bits per heavy atom. The van der Waals surface area contributed by atoms with E-state index in [1.807, 2.05) is 5.32 Å². The van der Waals surface area contributed by atoms with Crippen LogP contribution >= 0.6 is 23.1 Å². The number of rotatable bonds is 3. The van der Waals surface area contributed by atoms with E-state index in [0.717, 1.165) is 29.7 Å². The number of amides is 1. The number of carbonyl (C=O) groups is 1. The van der Waals surface area contributed by atoms with Gasteiger partial charge in [-0.2, -0.15) is 13.2 Å². The number of hydrogen-bond acceptors (Lipinski definition) is 4. The van der Waals surface area contributed by atoms with Crippen LogP contribution in [0.4, 0.5) is 19.1 Å². The Hall–Kier alpha value is -1.67. The number of hydrogen-bond donors (Lipinski definition) is 1. The average molecular weight is 322 g/mol. The van der Waals surface area contributed by atoms with E-state index in [-0.39, 0.29) is 5.95 Å². The molecular formula is C11H7ClF3N3OS. The van der Waals surface area contributed by atoms with Crippen LogP contribution in [0, 0.1) is 12.7 Å². The van der Waals surface area contributed by atoms with Crippen molar-refractivity contribution >= 4 is 35.0 Å². The van der Waals surface area contributed by atoms with Gasteiger partial charge >= 0.3 is 11.8 Å². The maximum atomic E-state index is 14.0. The molecule has 0 saturated heterocycles. The molecule has 106 valence electrons. The van der Waals surface area contributed by atoms with Crippen LogP contribution in [0.15, 0.2) is 18.2 Å². The van der Waals surface area contributed by atoms with Crippen molar-refractivity contribution < 1.29 is 18.0 Å². The first-order chi connectivity index (χ1) is 9.32. The molecule has 0 aliphatic rings. The Kier molecular flexibility index (Phi) is 3.96. The molecule has 2 aromatic rings. The highest BCUT2D eigenvalue weighted by molar-refractivity contribution is 7.05. The van der Waals surface area contributed by atoms with Crippen LogP contribution < -0.4 is 5.32 Å². The Morgan fingerprint density at radius 2 is 2.15 bits per heavy atom. The van der Waals surface area contributed by atoms with E-state index < -0.39 is 28.2 Å². The van der Waals surface area contributed by atoms with Gasteiger partial charge in [-0.3, -0.25) is 10.1 Å². The van der Waals surface area contributed by atoms with Crippen LogP contribution in [0.3, 0.4) is 0 Å². The van der Waals surface area contributed by atoms with Crippen molar-refractivity contribution in [3.05, 3.63) is 39.6 Å². The fourth-order valence-electron chi connectivity index (χ4n) is 1.40. The van der Waals surface area contributed by atoms with Crippen LogP contribution in [-0.2, 0) is 10.7 Å². The zero-order valence-electron chi connectivity index (χ0n) is 9.95. The number of alkyl halides is 2. The maximum Gasteiger partial charge on any atom is 0.351 e. The normalized spacial score (nSPS) is 11.4. The fourth-order valence-corrected chi connectivity index (χ4v) is 2.08. The Morgan fingerprint density at radius 1 is 1.45 bits per heavy atom. The molecule has 0 aliphatic carbocycles. The van der Waals surface area contributed by atoms with Crippen molar-refractivity contribution in [2.45, 2.75) is 12.8 Å². The van der Waals surface area contributed by atoms with Crippen molar-refractivity contribution in [1.29, 1.82) is 0 Å². The minimum atomic E-state index is -4.00. The smallest absolute Gasteiger partial charge is 0.288 e. The predicted molar refractivity (Wildman–Crippen MR) is 68.6 cm³/mol. The molecule has 2 rings (SSSR count). The van der Waals surface area contributed by atoms with Crippen LogP contribution in [0.5, 0.6) is 0 Å². The van der Waals surface area contributed by atoms with Gasteiger partial charge in [0.1, 0.15) is 10.8 Å². The molecule has 1 aromatic carbocycles. The standard InChI is InChI=1S/C11H7ClF3N3OS/c1-5-16-10(18-20-5)17-9(19)11(14,15)6-3-2-4-7(13)8(6)12/h2-4H,1H3,(H,17,18,19). The van der Waals surface area contributed by atoms with E-state index in [0.29, 0.717) is 5.01 Å². The molecule has 0 spiro atoms. The molecule has 0 saturated carbocycles. The summed E-state index contributed by atoms with van der Waals surface area (Å²) in [6, 6.07) is 2.85. The molecule has 4 nitrogen and oxygen atoms in total. The molecule has 20 heavy (non-hydrogen) atoms. The summed E-state index contributed by atoms with van der Waals surface area (Å²) in [7, 11) is 0. The van der Waals surface area contributed by atoms with Gasteiger partial charge in [-0.1, -0.05) is 23.7 Å². The van der Waals surface area contributed by atoms with Gasteiger partial charge in [-0.05, 0) is 24.5 Å². The summed E-state index contributed by atoms with van der Waals surface area (Å²) in [6.45, 7) is 1.61. The number of carbonyl (C=O) groups excluding carboxylic acids is 1. The number of nitrogens with one attached hydrogen (secondary N) is 1. The fraction of sp³-hybridized carbons (Fsp3) is 0.182. The highest BCUT2D eigenvalue weighted by atomic mass is 35.5. The third-order valence-electron chi connectivity index (χ3n) is 2.33. The second-order valence-corrected chi connectivity index (χ2v) is 5.10. The first-order valence-electron chi connectivity index (χ1n) is 5.26. The second kappa shape index (κ2) is 5.37. The highest BCUT2D eigenvalue weighted by Gasteiger charge is 2.43. The van der Waals surface area contributed by atoms with Crippen LogP contribution in [-0.4, -0.2) is 15.3 Å². The number of aromatic nitrogens is 2. The van der Waals surface area contributed by atoms with E-state index in [2.05, 4.69) is 9.36 Å². The summed E-state index contributed by atoms with van der Waals surface area (Å²) in [4.78, 5) is 15.3. The summed E-state index contributed by atoms with van der Waals surface area (Å²) >= 11 is 6.42. The predicted octanol–water partition coefficient (Wildman–Crippen LogP) is 3.37. The van der Waals surface area contributed by atoms with Crippen molar-refractivity contribution in [3.63, 3.8) is 0 Å². The molecule has 0 radical (unpaired) electrons. The SMILES string of the molecule is Cc1nc(NC(=O)C(F)(F)c2cccc(F)c2Cl)ns1. The molecular weight excluding hydrogens is 315 g/mol. The number of nitrogens with zero attached hydrogens (tertiary/aromatic N) is 2. The zero-order valence-corrected chi connectivity index (χ0v) is 11.5. The Balaban J connectivity index is 2.29. The lowest BCUT2D eigenvalue weighted by Gasteiger charge is -2.16. The van der Waals surface area contributed by atoms with Crippen molar-refractivity contribution in [3.8, 4) is 0 Å².